The second kappa shape index (κ2) is 6.79. The van der Waals surface area contributed by atoms with Crippen LogP contribution in [0.3, 0.4) is 0 Å². The van der Waals surface area contributed by atoms with E-state index in [2.05, 4.69) is 0 Å². The Kier molecular flexibility index (Phi) is 5.03. The molecule has 2 nitrogen and oxygen atoms in total. The number of nitrogens with two attached hydrogens (primary N) is 1. The third-order valence-corrected chi connectivity index (χ3v) is 3.26. The molecule has 2 N–H and O–H groups in total. The van der Waals surface area contributed by atoms with Crippen LogP contribution in [0.1, 0.15) is 17.0 Å². The lowest BCUT2D eigenvalue weighted by Gasteiger charge is -2.20. The first kappa shape index (κ1) is 16.3. The number of rotatable bonds is 5. The summed E-state index contributed by atoms with van der Waals surface area (Å²) in [7, 11) is 0. The molecule has 0 fully saturated rings. The fraction of sp³-hybridized carbons (Fsp3) is 0.250. The average Bonchev–Trinajstić information content (AvgIpc) is 2.49. The Morgan fingerprint density at radius 3 is 2.23 bits per heavy atom. The van der Waals surface area contributed by atoms with Crippen LogP contribution in [0, 0.1) is 5.82 Å². The molecule has 118 valence electrons. The molecule has 0 heterocycles. The lowest BCUT2D eigenvalue weighted by atomic mass is 9.94. The minimum Gasteiger partial charge on any atom is -0.493 e. The van der Waals surface area contributed by atoms with Gasteiger partial charge >= 0.3 is 6.18 Å². The summed E-state index contributed by atoms with van der Waals surface area (Å²) in [6.45, 7) is -0.0104. The molecule has 0 bridgehead atoms. The average molecular weight is 313 g/mol. The summed E-state index contributed by atoms with van der Waals surface area (Å²) < 4.78 is 57.3. The lowest BCUT2D eigenvalue weighted by Crippen LogP contribution is -2.23. The third kappa shape index (κ3) is 3.98. The van der Waals surface area contributed by atoms with Gasteiger partial charge < -0.3 is 10.5 Å². The van der Waals surface area contributed by atoms with Gasteiger partial charge in [0.2, 0.25) is 0 Å². The van der Waals surface area contributed by atoms with Gasteiger partial charge in [0.15, 0.2) is 0 Å². The van der Waals surface area contributed by atoms with Crippen LogP contribution in [0.4, 0.5) is 17.6 Å². The third-order valence-electron chi connectivity index (χ3n) is 3.26. The number of ether oxygens (including phenoxy) is 1. The maximum Gasteiger partial charge on any atom is 0.416 e. The van der Waals surface area contributed by atoms with Crippen LogP contribution in [0.15, 0.2) is 48.5 Å². The fourth-order valence-corrected chi connectivity index (χ4v) is 2.12. The Labute approximate surface area is 125 Å². The molecule has 0 saturated heterocycles. The van der Waals surface area contributed by atoms with Crippen molar-refractivity contribution in [2.45, 2.75) is 12.1 Å². The SMILES string of the molecule is NCC(COc1ccc(F)cc1)c1ccccc1C(F)(F)F. The van der Waals surface area contributed by atoms with E-state index in [4.69, 9.17) is 10.5 Å². The maximum absolute atomic E-state index is 13.0. The summed E-state index contributed by atoms with van der Waals surface area (Å²) in [5.41, 5.74) is 4.98. The lowest BCUT2D eigenvalue weighted by molar-refractivity contribution is -0.138. The van der Waals surface area contributed by atoms with E-state index in [0.29, 0.717) is 5.75 Å². The van der Waals surface area contributed by atoms with Crippen LogP contribution >= 0.6 is 0 Å². The molecule has 1 unspecified atom stereocenters. The Hall–Kier alpha value is -2.08. The highest BCUT2D eigenvalue weighted by atomic mass is 19.4. The van der Waals surface area contributed by atoms with Crippen LogP contribution in [0.5, 0.6) is 5.75 Å². The topological polar surface area (TPSA) is 35.2 Å². The number of hydrogen-bond acceptors (Lipinski definition) is 2. The monoisotopic (exact) mass is 313 g/mol. The Morgan fingerprint density at radius 2 is 1.64 bits per heavy atom. The number of benzene rings is 2. The summed E-state index contributed by atoms with van der Waals surface area (Å²) in [6, 6.07) is 10.6. The van der Waals surface area contributed by atoms with Crippen LogP contribution in [0.25, 0.3) is 0 Å². The molecule has 0 spiro atoms. The van der Waals surface area contributed by atoms with Gasteiger partial charge in [-0.1, -0.05) is 18.2 Å². The van der Waals surface area contributed by atoms with Gasteiger partial charge in [0.1, 0.15) is 11.6 Å². The van der Waals surface area contributed by atoms with Crippen molar-refractivity contribution in [3.63, 3.8) is 0 Å². The van der Waals surface area contributed by atoms with Gasteiger partial charge in [0.25, 0.3) is 0 Å². The van der Waals surface area contributed by atoms with E-state index < -0.39 is 23.5 Å². The van der Waals surface area contributed by atoms with Gasteiger partial charge in [-0.3, -0.25) is 0 Å². The standard InChI is InChI=1S/C16H15F4NO/c17-12-5-7-13(8-6-12)22-10-11(9-21)14-3-1-2-4-15(14)16(18,19)20/h1-8,11H,9-10,21H2. The number of halogens is 4. The quantitative estimate of drug-likeness (QED) is 0.848. The van der Waals surface area contributed by atoms with Crippen LogP contribution < -0.4 is 10.5 Å². The van der Waals surface area contributed by atoms with E-state index in [1.165, 1.54) is 42.5 Å². The molecule has 2 rings (SSSR count). The first-order valence-electron chi connectivity index (χ1n) is 6.66. The highest BCUT2D eigenvalue weighted by Crippen LogP contribution is 2.35. The van der Waals surface area contributed by atoms with Crippen molar-refractivity contribution in [2.24, 2.45) is 5.73 Å². The molecule has 0 aliphatic carbocycles. The zero-order valence-corrected chi connectivity index (χ0v) is 11.6. The molecule has 2 aromatic carbocycles. The minimum absolute atomic E-state index is 0.00822. The highest BCUT2D eigenvalue weighted by Gasteiger charge is 2.34. The van der Waals surface area contributed by atoms with Gasteiger partial charge in [-0.2, -0.15) is 13.2 Å². The summed E-state index contributed by atoms with van der Waals surface area (Å²) in [5, 5.41) is 0. The predicted octanol–water partition coefficient (Wildman–Crippen LogP) is 3.97. The molecule has 2 aromatic rings. The van der Waals surface area contributed by atoms with Crippen molar-refractivity contribution in [1.82, 2.24) is 0 Å². The molecule has 0 amide bonds. The van der Waals surface area contributed by atoms with Gasteiger partial charge in [-0.25, -0.2) is 4.39 Å². The maximum atomic E-state index is 13.0. The molecule has 0 aromatic heterocycles. The molecule has 0 aliphatic heterocycles. The van der Waals surface area contributed by atoms with Crippen molar-refractivity contribution >= 4 is 0 Å². The number of alkyl halides is 3. The Morgan fingerprint density at radius 1 is 1.00 bits per heavy atom. The number of hydrogen-bond donors (Lipinski definition) is 1. The van der Waals surface area contributed by atoms with Gasteiger partial charge in [0, 0.05) is 12.5 Å². The first-order chi connectivity index (χ1) is 10.4. The second-order valence-electron chi connectivity index (χ2n) is 4.78. The van der Waals surface area contributed by atoms with Crippen molar-refractivity contribution in [1.29, 1.82) is 0 Å². The molecular weight excluding hydrogens is 298 g/mol. The summed E-state index contributed by atoms with van der Waals surface area (Å²) in [4.78, 5) is 0. The van der Waals surface area contributed by atoms with Crippen LogP contribution in [0.2, 0.25) is 0 Å². The van der Waals surface area contributed by atoms with Crippen molar-refractivity contribution < 1.29 is 22.3 Å². The van der Waals surface area contributed by atoms with Crippen LogP contribution in [-0.2, 0) is 6.18 Å². The van der Waals surface area contributed by atoms with Crippen molar-refractivity contribution in [3.05, 3.63) is 65.5 Å². The van der Waals surface area contributed by atoms with Crippen molar-refractivity contribution in [2.75, 3.05) is 13.2 Å². The Balaban J connectivity index is 2.17. The van der Waals surface area contributed by atoms with E-state index in [0.717, 1.165) is 6.07 Å². The van der Waals surface area contributed by atoms with Gasteiger partial charge in [0.05, 0.1) is 12.2 Å². The highest BCUT2D eigenvalue weighted by molar-refractivity contribution is 5.33. The fourth-order valence-electron chi connectivity index (χ4n) is 2.12. The zero-order valence-electron chi connectivity index (χ0n) is 11.6. The van der Waals surface area contributed by atoms with Gasteiger partial charge in [-0.15, -0.1) is 0 Å². The molecule has 6 heteroatoms. The van der Waals surface area contributed by atoms with E-state index in [-0.39, 0.29) is 18.7 Å². The molecule has 0 saturated carbocycles. The second-order valence-corrected chi connectivity index (χ2v) is 4.78. The smallest absolute Gasteiger partial charge is 0.416 e. The van der Waals surface area contributed by atoms with E-state index >= 15 is 0 Å². The predicted molar refractivity (Wildman–Crippen MR) is 75.1 cm³/mol. The van der Waals surface area contributed by atoms with E-state index in [1.54, 1.807) is 0 Å². The molecule has 0 aliphatic rings. The zero-order chi connectivity index (χ0) is 16.2. The largest absolute Gasteiger partial charge is 0.493 e. The van der Waals surface area contributed by atoms with Crippen LogP contribution in [-0.4, -0.2) is 13.2 Å². The van der Waals surface area contributed by atoms with Gasteiger partial charge in [-0.05, 0) is 35.9 Å². The summed E-state index contributed by atoms with van der Waals surface area (Å²) >= 11 is 0. The molecule has 1 atom stereocenters. The summed E-state index contributed by atoms with van der Waals surface area (Å²) in [6.07, 6.45) is -4.44. The minimum atomic E-state index is -4.44. The Bertz CT molecular complexity index is 610. The van der Waals surface area contributed by atoms with E-state index in [1.807, 2.05) is 0 Å². The molecule has 0 radical (unpaired) electrons. The molecular formula is C16H15F4NO. The molecule has 22 heavy (non-hydrogen) atoms. The van der Waals surface area contributed by atoms with E-state index in [9.17, 15) is 17.6 Å². The first-order valence-corrected chi connectivity index (χ1v) is 6.66. The summed E-state index contributed by atoms with van der Waals surface area (Å²) in [5.74, 6) is -0.641. The normalized spacial score (nSPS) is 13.0. The van der Waals surface area contributed by atoms with Crippen molar-refractivity contribution in [3.8, 4) is 5.75 Å².